The lowest BCUT2D eigenvalue weighted by Crippen LogP contribution is -2.31. The van der Waals surface area contributed by atoms with Gasteiger partial charge in [-0.2, -0.15) is 0 Å². The summed E-state index contributed by atoms with van der Waals surface area (Å²) in [7, 11) is 0. The second kappa shape index (κ2) is 8.00. The number of nitro benzene ring substituents is 1. The molecule has 150 valence electrons. The summed E-state index contributed by atoms with van der Waals surface area (Å²) in [4.78, 5) is 34.8. The van der Waals surface area contributed by atoms with Gasteiger partial charge in [0.25, 0.3) is 11.6 Å². The van der Waals surface area contributed by atoms with Gasteiger partial charge in [-0.25, -0.2) is 4.98 Å². The van der Waals surface area contributed by atoms with Crippen molar-refractivity contribution in [2.75, 3.05) is 4.90 Å². The van der Waals surface area contributed by atoms with Crippen molar-refractivity contribution < 1.29 is 9.72 Å². The Morgan fingerprint density at radius 2 is 1.93 bits per heavy atom. The molecule has 0 radical (unpaired) electrons. The lowest BCUT2D eigenvalue weighted by Gasteiger charge is -2.21. The van der Waals surface area contributed by atoms with E-state index in [1.54, 1.807) is 36.4 Å². The summed E-state index contributed by atoms with van der Waals surface area (Å²) in [5.41, 5.74) is 3.24. The number of rotatable bonds is 5. The Bertz CT molecular complexity index is 1250. The van der Waals surface area contributed by atoms with Crippen LogP contribution < -0.4 is 4.90 Å². The van der Waals surface area contributed by atoms with Crippen molar-refractivity contribution in [3.63, 3.8) is 0 Å². The van der Waals surface area contributed by atoms with Crippen LogP contribution in [0.2, 0.25) is 0 Å². The zero-order valence-corrected chi connectivity index (χ0v) is 17.2. The number of fused-ring (bicyclic) bond motifs is 1. The summed E-state index contributed by atoms with van der Waals surface area (Å²) in [5.74, 6) is -0.336. The highest BCUT2D eigenvalue weighted by Gasteiger charge is 2.26. The number of aryl methyl sites for hydroxylation is 1. The zero-order chi connectivity index (χ0) is 21.3. The normalized spacial score (nSPS) is 10.9. The van der Waals surface area contributed by atoms with Crippen LogP contribution in [0.3, 0.4) is 0 Å². The topological polar surface area (TPSA) is 89.2 Å². The predicted octanol–water partition coefficient (Wildman–Crippen LogP) is 5.06. The number of aromatic nitrogens is 2. The molecule has 0 fully saturated rings. The highest BCUT2D eigenvalue weighted by molar-refractivity contribution is 7.22. The second-order valence-electron chi connectivity index (χ2n) is 6.88. The summed E-state index contributed by atoms with van der Waals surface area (Å²) < 4.78 is 0.977. The van der Waals surface area contributed by atoms with Crippen LogP contribution >= 0.6 is 11.3 Å². The smallest absolute Gasteiger partial charge is 0.273 e. The molecule has 0 N–H and O–H groups in total. The fourth-order valence-electron chi connectivity index (χ4n) is 3.29. The Hall–Kier alpha value is -3.65. The average Bonchev–Trinajstić information content (AvgIpc) is 3.18. The number of carbonyl (C=O) groups excluding carboxylic acids is 1. The summed E-state index contributed by atoms with van der Waals surface area (Å²) >= 11 is 1.42. The molecule has 0 aliphatic rings. The van der Waals surface area contributed by atoms with Crippen LogP contribution in [-0.4, -0.2) is 20.8 Å². The van der Waals surface area contributed by atoms with Gasteiger partial charge < -0.3 is 0 Å². The number of anilines is 1. The van der Waals surface area contributed by atoms with Crippen LogP contribution in [0.25, 0.3) is 10.2 Å². The van der Waals surface area contributed by atoms with Gasteiger partial charge in [0.1, 0.15) is 0 Å². The SMILES string of the molecule is Cc1c(C(=O)N(Cc2cccnc2)c2nc3c(C)cccc3s2)cccc1[N+](=O)[O-]. The molecule has 4 rings (SSSR count). The van der Waals surface area contributed by atoms with Crippen molar-refractivity contribution in [1.29, 1.82) is 0 Å². The molecule has 2 aromatic carbocycles. The van der Waals surface area contributed by atoms with Crippen molar-refractivity contribution in [2.45, 2.75) is 20.4 Å². The van der Waals surface area contributed by atoms with Crippen LogP contribution in [0, 0.1) is 24.0 Å². The zero-order valence-electron chi connectivity index (χ0n) is 16.4. The molecular weight excluding hydrogens is 400 g/mol. The first-order chi connectivity index (χ1) is 14.5. The van der Waals surface area contributed by atoms with Gasteiger partial charge in [-0.3, -0.25) is 24.8 Å². The Balaban J connectivity index is 1.83. The largest absolute Gasteiger partial charge is 0.279 e. The molecule has 0 bridgehead atoms. The first-order valence-electron chi connectivity index (χ1n) is 9.26. The summed E-state index contributed by atoms with van der Waals surface area (Å²) in [6.45, 7) is 3.83. The Labute approximate surface area is 176 Å². The first kappa shape index (κ1) is 19.7. The fraction of sp³-hybridized carbons (Fsp3) is 0.136. The lowest BCUT2D eigenvalue weighted by molar-refractivity contribution is -0.385. The van der Waals surface area contributed by atoms with Crippen molar-refractivity contribution >= 4 is 38.3 Å². The summed E-state index contributed by atoms with van der Waals surface area (Å²) in [6, 6.07) is 14.1. The molecule has 7 nitrogen and oxygen atoms in total. The van der Waals surface area contributed by atoms with Crippen LogP contribution in [-0.2, 0) is 6.54 Å². The molecule has 0 unspecified atom stereocenters. The number of para-hydroxylation sites is 1. The van der Waals surface area contributed by atoms with E-state index < -0.39 is 4.92 Å². The van der Waals surface area contributed by atoms with Crippen LogP contribution in [0.15, 0.2) is 60.9 Å². The Morgan fingerprint density at radius 3 is 2.63 bits per heavy atom. The van der Waals surface area contributed by atoms with E-state index in [2.05, 4.69) is 4.98 Å². The van der Waals surface area contributed by atoms with Gasteiger partial charge >= 0.3 is 0 Å². The molecule has 0 spiro atoms. The van der Waals surface area contributed by atoms with Crippen molar-refractivity contribution in [3.8, 4) is 0 Å². The van der Waals surface area contributed by atoms with Crippen molar-refractivity contribution in [1.82, 2.24) is 9.97 Å². The van der Waals surface area contributed by atoms with Crippen LogP contribution in [0.5, 0.6) is 0 Å². The minimum Gasteiger partial charge on any atom is -0.279 e. The van der Waals surface area contributed by atoms with Gasteiger partial charge in [0.15, 0.2) is 5.13 Å². The molecule has 1 amide bonds. The number of thiazole rings is 1. The van der Waals surface area contributed by atoms with Gasteiger partial charge in [-0.15, -0.1) is 0 Å². The Kier molecular flexibility index (Phi) is 5.24. The lowest BCUT2D eigenvalue weighted by atomic mass is 10.1. The third-order valence-corrected chi connectivity index (χ3v) is 5.92. The van der Waals surface area contributed by atoms with E-state index in [-0.39, 0.29) is 23.7 Å². The molecule has 0 aliphatic carbocycles. The number of benzene rings is 2. The average molecular weight is 418 g/mol. The number of nitrogens with zero attached hydrogens (tertiary/aromatic N) is 4. The quantitative estimate of drug-likeness (QED) is 0.334. The molecule has 0 saturated heterocycles. The van der Waals surface area contributed by atoms with Crippen LogP contribution in [0.4, 0.5) is 10.8 Å². The third kappa shape index (κ3) is 3.65. The number of hydrogen-bond donors (Lipinski definition) is 0. The van der Waals surface area contributed by atoms with Crippen LogP contribution in [0.1, 0.15) is 27.0 Å². The van der Waals surface area contributed by atoms with E-state index in [1.807, 2.05) is 31.2 Å². The van der Waals surface area contributed by atoms with Gasteiger partial charge in [-0.1, -0.05) is 35.6 Å². The molecule has 0 saturated carbocycles. The van der Waals surface area contributed by atoms with Crippen molar-refractivity contribution in [3.05, 3.63) is 93.3 Å². The molecule has 2 aromatic heterocycles. The second-order valence-corrected chi connectivity index (χ2v) is 7.89. The molecule has 30 heavy (non-hydrogen) atoms. The van der Waals surface area contributed by atoms with E-state index in [0.29, 0.717) is 10.7 Å². The molecule has 4 aromatic rings. The van der Waals surface area contributed by atoms with Crippen molar-refractivity contribution in [2.24, 2.45) is 0 Å². The first-order valence-corrected chi connectivity index (χ1v) is 10.1. The van der Waals surface area contributed by atoms with E-state index in [0.717, 1.165) is 21.3 Å². The van der Waals surface area contributed by atoms with E-state index >= 15 is 0 Å². The molecule has 0 aliphatic heterocycles. The van der Waals surface area contributed by atoms with Gasteiger partial charge in [0, 0.05) is 29.6 Å². The fourth-order valence-corrected chi connectivity index (χ4v) is 4.33. The van der Waals surface area contributed by atoms with Gasteiger partial charge in [0.05, 0.1) is 21.7 Å². The maximum absolute atomic E-state index is 13.6. The van der Waals surface area contributed by atoms with E-state index in [4.69, 9.17) is 4.98 Å². The van der Waals surface area contributed by atoms with Gasteiger partial charge in [0.2, 0.25) is 0 Å². The highest BCUT2D eigenvalue weighted by atomic mass is 32.1. The van der Waals surface area contributed by atoms with E-state index in [1.165, 1.54) is 23.5 Å². The number of carbonyl (C=O) groups is 1. The monoisotopic (exact) mass is 418 g/mol. The molecule has 8 heteroatoms. The maximum Gasteiger partial charge on any atom is 0.273 e. The predicted molar refractivity (Wildman–Crippen MR) is 117 cm³/mol. The number of hydrogen-bond acceptors (Lipinski definition) is 6. The standard InChI is InChI=1S/C22H18N4O3S/c1-14-6-3-10-19-20(14)24-22(30-19)25(13-16-7-5-11-23-12-16)21(27)17-8-4-9-18(15(17)2)26(28)29/h3-12H,13H2,1-2H3. The summed E-state index contributed by atoms with van der Waals surface area (Å²) in [6.07, 6.45) is 3.36. The minimum atomic E-state index is -0.474. The number of pyridine rings is 1. The molecular formula is C22H18N4O3S. The maximum atomic E-state index is 13.6. The highest BCUT2D eigenvalue weighted by Crippen LogP contribution is 2.33. The molecule has 2 heterocycles. The Morgan fingerprint density at radius 1 is 1.13 bits per heavy atom. The number of amides is 1. The molecule has 0 atom stereocenters. The number of nitro groups is 1. The summed E-state index contributed by atoms with van der Waals surface area (Å²) in [5, 5.41) is 11.9. The minimum absolute atomic E-state index is 0.0812. The van der Waals surface area contributed by atoms with Gasteiger partial charge in [-0.05, 0) is 43.2 Å². The van der Waals surface area contributed by atoms with E-state index in [9.17, 15) is 14.9 Å². The third-order valence-electron chi connectivity index (χ3n) is 4.88.